The van der Waals surface area contributed by atoms with Crippen LogP contribution in [0.25, 0.3) is 0 Å². The summed E-state index contributed by atoms with van der Waals surface area (Å²) in [5, 5.41) is 44.4. The number of ether oxygens (including phenoxy) is 1. The van der Waals surface area contributed by atoms with E-state index < -0.39 is 65.8 Å². The number of rotatable bonds is 21. The Bertz CT molecular complexity index is 2280. The van der Waals surface area contributed by atoms with E-state index in [2.05, 4.69) is 10.2 Å². The lowest BCUT2D eigenvalue weighted by molar-refractivity contribution is -0.138. The van der Waals surface area contributed by atoms with Crippen molar-refractivity contribution in [1.29, 1.82) is 0 Å². The normalized spacial score (nSPS) is 19.4. The molecule has 2 fully saturated rings. The Morgan fingerprint density at radius 2 is 1.39 bits per heavy atom. The molecule has 0 aromatic heterocycles. The SMILES string of the molecule is O=C1CCC(N2C(=O)c3cccc(OCCC(O)CCC(O)CCC(O)CCC(O)CCC(=O)N4CCN(CCCN5c6ccccc6Sc6ccc(C(F)(F)F)cc65)CC4)c3C2=O)C(=O)N1. The van der Waals surface area contributed by atoms with Gasteiger partial charge in [0, 0.05) is 61.8 Å². The second-order valence-corrected chi connectivity index (χ2v) is 18.7. The van der Waals surface area contributed by atoms with Crippen LogP contribution < -0.4 is 15.0 Å². The molecule has 0 bridgehead atoms. The molecule has 0 saturated carbocycles. The van der Waals surface area contributed by atoms with Crippen molar-refractivity contribution in [3.8, 4) is 5.75 Å². The Morgan fingerprint density at radius 3 is 2.06 bits per heavy atom. The molecule has 5 atom stereocenters. The number of hydrogen-bond donors (Lipinski definition) is 5. The number of anilines is 2. The number of benzene rings is 3. The molecule has 4 heterocycles. The molecule has 67 heavy (non-hydrogen) atoms. The van der Waals surface area contributed by atoms with Crippen molar-refractivity contribution in [3.63, 3.8) is 0 Å². The number of nitrogens with zero attached hydrogens (tertiary/aromatic N) is 4. The van der Waals surface area contributed by atoms with Crippen LogP contribution in [0.3, 0.4) is 0 Å². The summed E-state index contributed by atoms with van der Waals surface area (Å²) in [5.41, 5.74) is 0.864. The molecule has 4 aliphatic heterocycles. The van der Waals surface area contributed by atoms with Crippen LogP contribution >= 0.6 is 11.8 Å². The molecule has 2 saturated heterocycles. The number of imide groups is 2. The fourth-order valence-electron chi connectivity index (χ4n) is 9.01. The van der Waals surface area contributed by atoms with Crippen LogP contribution in [0.2, 0.25) is 0 Å². The number of alkyl halides is 3. The van der Waals surface area contributed by atoms with Gasteiger partial charge >= 0.3 is 6.18 Å². The third-order valence-electron chi connectivity index (χ3n) is 12.9. The van der Waals surface area contributed by atoms with Gasteiger partial charge in [0.25, 0.3) is 11.8 Å². The Kier molecular flexibility index (Phi) is 16.6. The first kappa shape index (κ1) is 49.8. The molecule has 5 N–H and O–H groups in total. The number of para-hydroxylation sites is 1. The maximum atomic E-state index is 13.6. The van der Waals surface area contributed by atoms with E-state index in [0.29, 0.717) is 57.7 Å². The van der Waals surface area contributed by atoms with Crippen molar-refractivity contribution in [3.05, 3.63) is 77.4 Å². The first-order valence-electron chi connectivity index (χ1n) is 23.0. The van der Waals surface area contributed by atoms with Gasteiger partial charge < -0.3 is 35.0 Å². The lowest BCUT2D eigenvalue weighted by Crippen LogP contribution is -2.54. The number of carbonyl (C=O) groups is 5. The Balaban J connectivity index is 0.737. The molecule has 362 valence electrons. The molecule has 5 amide bonds. The van der Waals surface area contributed by atoms with E-state index in [1.165, 1.54) is 30.0 Å². The zero-order valence-electron chi connectivity index (χ0n) is 37.2. The van der Waals surface area contributed by atoms with Crippen molar-refractivity contribution in [2.75, 3.05) is 50.8 Å². The van der Waals surface area contributed by atoms with E-state index in [1.807, 2.05) is 29.2 Å². The van der Waals surface area contributed by atoms with Crippen LogP contribution in [-0.4, -0.2) is 141 Å². The number of carbonyl (C=O) groups excluding carboxylic acids is 5. The summed E-state index contributed by atoms with van der Waals surface area (Å²) in [6.45, 7) is 3.68. The smallest absolute Gasteiger partial charge is 0.416 e. The summed E-state index contributed by atoms with van der Waals surface area (Å²) in [5.74, 6) is -2.44. The predicted molar refractivity (Wildman–Crippen MR) is 241 cm³/mol. The summed E-state index contributed by atoms with van der Waals surface area (Å²) in [6.07, 6.45) is -4.62. The number of hydrogen-bond acceptors (Lipinski definition) is 13. The molecule has 5 unspecified atom stereocenters. The van der Waals surface area contributed by atoms with Gasteiger partial charge in [-0.05, 0) is 107 Å². The minimum atomic E-state index is -4.44. The van der Waals surface area contributed by atoms with Crippen molar-refractivity contribution in [2.24, 2.45) is 0 Å². The Labute approximate surface area is 391 Å². The summed E-state index contributed by atoms with van der Waals surface area (Å²) in [4.78, 5) is 71.9. The molecule has 3 aromatic rings. The summed E-state index contributed by atoms with van der Waals surface area (Å²) >= 11 is 1.47. The van der Waals surface area contributed by atoms with Crippen LogP contribution in [-0.2, 0) is 20.6 Å². The van der Waals surface area contributed by atoms with Crippen LogP contribution in [0.1, 0.15) is 103 Å². The molecule has 0 spiro atoms. The number of nitrogens with one attached hydrogen (secondary N) is 1. The number of aliphatic hydroxyl groups excluding tert-OH is 4. The Hall–Kier alpha value is -5.05. The van der Waals surface area contributed by atoms with Crippen molar-refractivity contribution in [1.82, 2.24) is 20.0 Å². The fraction of sp³-hybridized carbons (Fsp3) is 0.521. The highest BCUT2D eigenvalue weighted by Crippen LogP contribution is 2.49. The topological polar surface area (TPSA) is 200 Å². The van der Waals surface area contributed by atoms with E-state index in [4.69, 9.17) is 4.74 Å². The minimum absolute atomic E-state index is 0.00134. The fourth-order valence-corrected chi connectivity index (χ4v) is 10.1. The summed E-state index contributed by atoms with van der Waals surface area (Å²) < 4.78 is 46.6. The highest BCUT2D eigenvalue weighted by molar-refractivity contribution is 7.99. The average molecular weight is 954 g/mol. The van der Waals surface area contributed by atoms with E-state index in [-0.39, 0.29) is 87.2 Å². The van der Waals surface area contributed by atoms with E-state index in [9.17, 15) is 57.6 Å². The number of halogens is 3. The standard InChI is InChI=1S/C48H58F3N5O10S/c49-48(50,51)30-9-18-41-38(29-30)55(36-6-1-2-8-40(36)67-41)23-4-22-53-24-26-54(27-25-53)43(62)20-16-33(59)13-12-31(57)10-11-32(58)14-15-34(60)21-28-66-39-7-3-5-35-44(39)47(65)56(46(35)64)37-17-19-42(61)52-45(37)63/h1-3,5-9,18,29,31-34,37,57-60H,4,10-17,19-28H2,(H,52,61,63). The second-order valence-electron chi connectivity index (χ2n) is 17.6. The van der Waals surface area contributed by atoms with Crippen LogP contribution in [0.4, 0.5) is 24.5 Å². The van der Waals surface area contributed by atoms with Gasteiger partial charge in [0.05, 0.1) is 59.1 Å². The maximum Gasteiger partial charge on any atom is 0.416 e. The molecular weight excluding hydrogens is 896 g/mol. The summed E-state index contributed by atoms with van der Waals surface area (Å²) in [6, 6.07) is 15.0. The first-order chi connectivity index (χ1) is 32.1. The van der Waals surface area contributed by atoms with Gasteiger partial charge in [0.1, 0.15) is 11.8 Å². The summed E-state index contributed by atoms with van der Waals surface area (Å²) in [7, 11) is 0. The third-order valence-corrected chi connectivity index (χ3v) is 14.0. The third kappa shape index (κ3) is 12.5. The average Bonchev–Trinajstić information content (AvgIpc) is 3.56. The highest BCUT2D eigenvalue weighted by Gasteiger charge is 2.46. The molecule has 19 heteroatoms. The number of aliphatic hydroxyl groups is 4. The molecular formula is C48H58F3N5O10S. The first-order valence-corrected chi connectivity index (χ1v) is 23.8. The van der Waals surface area contributed by atoms with Gasteiger partial charge in [0.15, 0.2) is 0 Å². The van der Waals surface area contributed by atoms with Crippen LogP contribution in [0, 0.1) is 0 Å². The second kappa shape index (κ2) is 22.4. The van der Waals surface area contributed by atoms with Gasteiger partial charge in [-0.3, -0.25) is 39.1 Å². The quantitative estimate of drug-likeness (QED) is 0.0866. The lowest BCUT2D eigenvalue weighted by atomic mass is 9.99. The van der Waals surface area contributed by atoms with Crippen LogP contribution in [0.5, 0.6) is 5.75 Å². The lowest BCUT2D eigenvalue weighted by Gasteiger charge is -2.36. The van der Waals surface area contributed by atoms with Gasteiger partial charge in [0.2, 0.25) is 17.7 Å². The molecule has 7 rings (SSSR count). The van der Waals surface area contributed by atoms with Crippen molar-refractivity contribution >= 4 is 52.7 Å². The zero-order valence-corrected chi connectivity index (χ0v) is 38.0. The highest BCUT2D eigenvalue weighted by atomic mass is 32.2. The largest absolute Gasteiger partial charge is 0.493 e. The van der Waals surface area contributed by atoms with E-state index >= 15 is 0 Å². The number of amides is 5. The zero-order chi connectivity index (χ0) is 47.8. The molecule has 15 nitrogen and oxygen atoms in total. The molecule has 0 radical (unpaired) electrons. The number of piperazine rings is 1. The van der Waals surface area contributed by atoms with Gasteiger partial charge in [-0.1, -0.05) is 30.0 Å². The van der Waals surface area contributed by atoms with Crippen LogP contribution in [0.15, 0.2) is 70.5 Å². The number of piperidine rings is 1. The van der Waals surface area contributed by atoms with E-state index in [0.717, 1.165) is 33.0 Å². The monoisotopic (exact) mass is 953 g/mol. The van der Waals surface area contributed by atoms with Gasteiger partial charge in [-0.2, -0.15) is 13.2 Å². The number of fused-ring (bicyclic) bond motifs is 3. The Morgan fingerprint density at radius 1 is 0.746 bits per heavy atom. The van der Waals surface area contributed by atoms with Gasteiger partial charge in [-0.15, -0.1) is 0 Å². The van der Waals surface area contributed by atoms with Crippen molar-refractivity contribution < 1.29 is 62.3 Å². The van der Waals surface area contributed by atoms with Gasteiger partial charge in [-0.25, -0.2) is 0 Å². The molecule has 4 aliphatic rings. The molecule has 3 aromatic carbocycles. The minimum Gasteiger partial charge on any atom is -0.493 e. The maximum absolute atomic E-state index is 13.6. The van der Waals surface area contributed by atoms with E-state index in [1.54, 1.807) is 17.0 Å². The van der Waals surface area contributed by atoms with Crippen molar-refractivity contribution in [2.45, 2.75) is 123 Å². The predicted octanol–water partition coefficient (Wildman–Crippen LogP) is 5.28. The molecule has 0 aliphatic carbocycles.